The van der Waals surface area contributed by atoms with Crippen LogP contribution < -0.4 is 15.5 Å². The number of anilines is 3. The van der Waals surface area contributed by atoms with Crippen molar-refractivity contribution < 1.29 is 9.90 Å². The number of pyridine rings is 1. The maximum atomic E-state index is 12.6. The van der Waals surface area contributed by atoms with Crippen LogP contribution in [-0.4, -0.2) is 54.1 Å². The minimum Gasteiger partial charge on any atom is -0.370 e. The molecule has 2 unspecified atom stereocenters. The summed E-state index contributed by atoms with van der Waals surface area (Å²) < 4.78 is 0. The summed E-state index contributed by atoms with van der Waals surface area (Å²) in [5.74, 6) is -0.175. The first-order valence-corrected chi connectivity index (χ1v) is 10.8. The number of amides is 1. The van der Waals surface area contributed by atoms with Crippen molar-refractivity contribution in [3.05, 3.63) is 84.2 Å². The van der Waals surface area contributed by atoms with Gasteiger partial charge in [-0.25, -0.2) is 0 Å². The number of aliphatic hydroxyl groups is 1. The fourth-order valence-corrected chi connectivity index (χ4v) is 3.85. The van der Waals surface area contributed by atoms with Gasteiger partial charge in [0.1, 0.15) is 0 Å². The number of benzene rings is 2. The van der Waals surface area contributed by atoms with Crippen LogP contribution in [0.2, 0.25) is 0 Å². The van der Waals surface area contributed by atoms with Crippen molar-refractivity contribution in [3.8, 4) is 0 Å². The minimum atomic E-state index is -0.870. The van der Waals surface area contributed by atoms with Gasteiger partial charge in [0.25, 0.3) is 5.91 Å². The number of carbonyl (C=O) groups excluding carboxylic acids is 1. The van der Waals surface area contributed by atoms with Gasteiger partial charge in [0.2, 0.25) is 0 Å². The number of hydrogen-bond donors (Lipinski definition) is 3. The largest absolute Gasteiger partial charge is 0.370 e. The maximum absolute atomic E-state index is 12.6. The number of aliphatic hydroxyl groups excluding tert-OH is 1. The highest BCUT2D eigenvalue weighted by Crippen LogP contribution is 2.24. The smallest absolute Gasteiger partial charge is 0.255 e. The summed E-state index contributed by atoms with van der Waals surface area (Å²) in [6, 6.07) is 19.1. The molecule has 166 valence electrons. The lowest BCUT2D eigenvalue weighted by molar-refractivity contribution is 0.102. The molecule has 1 amide bonds. The summed E-state index contributed by atoms with van der Waals surface area (Å²) in [4.78, 5) is 21.3. The second-order valence-corrected chi connectivity index (χ2v) is 8.26. The second kappa shape index (κ2) is 9.80. The van der Waals surface area contributed by atoms with Gasteiger partial charge in [0.15, 0.2) is 6.23 Å². The Bertz CT molecular complexity index is 1020. The Morgan fingerprint density at radius 2 is 1.81 bits per heavy atom. The molecule has 1 aliphatic rings. The van der Waals surface area contributed by atoms with Gasteiger partial charge < -0.3 is 25.5 Å². The van der Waals surface area contributed by atoms with Gasteiger partial charge in [-0.15, -0.1) is 0 Å². The van der Waals surface area contributed by atoms with E-state index in [1.54, 1.807) is 48.8 Å². The molecule has 7 nitrogen and oxygen atoms in total. The van der Waals surface area contributed by atoms with Crippen molar-refractivity contribution in [2.45, 2.75) is 18.7 Å². The van der Waals surface area contributed by atoms with Gasteiger partial charge in [0.05, 0.1) is 0 Å². The quantitative estimate of drug-likeness (QED) is 0.496. The lowest BCUT2D eigenvalue weighted by Gasteiger charge is -2.22. The summed E-state index contributed by atoms with van der Waals surface area (Å²) in [5.41, 5.74) is 3.86. The van der Waals surface area contributed by atoms with Crippen LogP contribution in [0, 0.1) is 0 Å². The van der Waals surface area contributed by atoms with Gasteiger partial charge >= 0.3 is 0 Å². The van der Waals surface area contributed by atoms with Crippen molar-refractivity contribution in [1.29, 1.82) is 0 Å². The molecule has 4 rings (SSSR count). The highest BCUT2D eigenvalue weighted by Gasteiger charge is 2.24. The van der Waals surface area contributed by atoms with Gasteiger partial charge in [0, 0.05) is 59.7 Å². The van der Waals surface area contributed by atoms with Crippen molar-refractivity contribution in [2.24, 2.45) is 0 Å². The van der Waals surface area contributed by atoms with E-state index < -0.39 is 6.23 Å². The first kappa shape index (κ1) is 21.8. The monoisotopic (exact) mass is 431 g/mol. The molecule has 2 aromatic carbocycles. The first-order chi connectivity index (χ1) is 15.5. The van der Waals surface area contributed by atoms with E-state index in [4.69, 9.17) is 0 Å². The van der Waals surface area contributed by atoms with Crippen LogP contribution in [0.3, 0.4) is 0 Å². The van der Waals surface area contributed by atoms with Gasteiger partial charge in [-0.3, -0.25) is 9.78 Å². The summed E-state index contributed by atoms with van der Waals surface area (Å²) in [5, 5.41) is 16.2. The van der Waals surface area contributed by atoms with Crippen molar-refractivity contribution >= 4 is 23.0 Å². The fraction of sp³-hybridized carbons (Fsp3) is 0.280. The lowest BCUT2D eigenvalue weighted by atomic mass is 10.1. The van der Waals surface area contributed by atoms with Crippen LogP contribution in [0.15, 0.2) is 73.1 Å². The Balaban J connectivity index is 1.33. The molecule has 7 heteroatoms. The molecule has 0 saturated carbocycles. The van der Waals surface area contributed by atoms with E-state index in [9.17, 15) is 9.90 Å². The van der Waals surface area contributed by atoms with Crippen LogP contribution in [0.25, 0.3) is 0 Å². The number of rotatable bonds is 7. The molecule has 2 heterocycles. The molecule has 32 heavy (non-hydrogen) atoms. The Labute approximate surface area is 188 Å². The van der Waals surface area contributed by atoms with E-state index in [0.29, 0.717) is 22.9 Å². The number of likely N-dealkylation sites (N-methyl/N-ethyl adjacent to an activating group) is 1. The van der Waals surface area contributed by atoms with Crippen molar-refractivity contribution in [1.82, 2.24) is 9.88 Å². The molecule has 2 atom stereocenters. The molecule has 1 fully saturated rings. The number of nitrogens with one attached hydrogen (secondary N) is 2. The van der Waals surface area contributed by atoms with E-state index in [-0.39, 0.29) is 5.91 Å². The van der Waals surface area contributed by atoms with E-state index >= 15 is 0 Å². The van der Waals surface area contributed by atoms with Crippen molar-refractivity contribution in [3.63, 3.8) is 0 Å². The molecule has 3 aromatic rings. The summed E-state index contributed by atoms with van der Waals surface area (Å²) >= 11 is 0. The van der Waals surface area contributed by atoms with Crippen LogP contribution in [0.5, 0.6) is 0 Å². The minimum absolute atomic E-state index is 0.175. The van der Waals surface area contributed by atoms with Gasteiger partial charge in [-0.05, 0) is 75.1 Å². The number of nitrogens with zero attached hydrogens (tertiary/aromatic N) is 3. The average molecular weight is 432 g/mol. The molecule has 1 saturated heterocycles. The van der Waals surface area contributed by atoms with E-state index in [1.807, 2.05) is 12.1 Å². The predicted molar refractivity (Wildman–Crippen MR) is 128 cm³/mol. The van der Waals surface area contributed by atoms with E-state index in [0.717, 1.165) is 25.2 Å². The zero-order valence-corrected chi connectivity index (χ0v) is 18.4. The Hall–Kier alpha value is -3.42. The van der Waals surface area contributed by atoms with E-state index in [1.165, 1.54) is 5.69 Å². The van der Waals surface area contributed by atoms with Gasteiger partial charge in [-0.2, -0.15) is 0 Å². The standard InChI is InChI=1S/C25H29N5O2/c1-29(2)23-13-15-30(17-23)22-11-9-21(10-12-22)27-24(31)18-5-7-20(8-6-18)28-25(32)19-4-3-14-26-16-19/h3-12,14,16,23,25,28,32H,13,15,17H2,1-2H3,(H,27,31). The predicted octanol–water partition coefficient (Wildman–Crippen LogP) is 3.58. The third-order valence-corrected chi connectivity index (χ3v) is 5.83. The molecule has 3 N–H and O–H groups in total. The zero-order chi connectivity index (χ0) is 22.5. The third kappa shape index (κ3) is 5.25. The van der Waals surface area contributed by atoms with E-state index in [2.05, 4.69) is 51.6 Å². The lowest BCUT2D eigenvalue weighted by Crippen LogP contribution is -2.31. The second-order valence-electron chi connectivity index (χ2n) is 8.26. The van der Waals surface area contributed by atoms with Crippen LogP contribution in [0.4, 0.5) is 17.1 Å². The maximum Gasteiger partial charge on any atom is 0.255 e. The highest BCUT2D eigenvalue weighted by atomic mass is 16.3. The van der Waals surface area contributed by atoms with Crippen LogP contribution in [-0.2, 0) is 0 Å². The first-order valence-electron chi connectivity index (χ1n) is 10.8. The number of carbonyl (C=O) groups is 1. The normalized spacial score (nSPS) is 16.8. The molecule has 0 bridgehead atoms. The fourth-order valence-electron chi connectivity index (χ4n) is 3.85. The van der Waals surface area contributed by atoms with Gasteiger partial charge in [-0.1, -0.05) is 6.07 Å². The molecule has 0 spiro atoms. The zero-order valence-electron chi connectivity index (χ0n) is 18.4. The summed E-state index contributed by atoms with van der Waals surface area (Å²) in [7, 11) is 4.25. The highest BCUT2D eigenvalue weighted by molar-refractivity contribution is 6.04. The number of aromatic nitrogens is 1. The summed E-state index contributed by atoms with van der Waals surface area (Å²) in [6.07, 6.45) is 3.56. The Morgan fingerprint density at radius 1 is 1.09 bits per heavy atom. The third-order valence-electron chi connectivity index (χ3n) is 5.83. The molecule has 0 radical (unpaired) electrons. The summed E-state index contributed by atoms with van der Waals surface area (Å²) in [6.45, 7) is 2.07. The average Bonchev–Trinajstić information content (AvgIpc) is 3.31. The Morgan fingerprint density at radius 3 is 2.44 bits per heavy atom. The molecule has 1 aliphatic heterocycles. The van der Waals surface area contributed by atoms with Crippen LogP contribution in [0.1, 0.15) is 28.6 Å². The molecule has 0 aliphatic carbocycles. The molecular formula is C25H29N5O2. The SMILES string of the molecule is CN(C)C1CCN(c2ccc(NC(=O)c3ccc(NC(O)c4cccnc4)cc3)cc2)C1. The van der Waals surface area contributed by atoms with Crippen LogP contribution >= 0.6 is 0 Å². The topological polar surface area (TPSA) is 80.7 Å². The number of hydrogen-bond acceptors (Lipinski definition) is 6. The Kier molecular flexibility index (Phi) is 6.68. The van der Waals surface area contributed by atoms with Crippen molar-refractivity contribution in [2.75, 3.05) is 42.7 Å². The molecular weight excluding hydrogens is 402 g/mol. The molecule has 1 aromatic heterocycles.